The van der Waals surface area contributed by atoms with Gasteiger partial charge in [0.15, 0.2) is 10.1 Å². The number of imide groups is 1. The fourth-order valence-corrected chi connectivity index (χ4v) is 8.48. The summed E-state index contributed by atoms with van der Waals surface area (Å²) in [5.74, 6) is -6.22. The van der Waals surface area contributed by atoms with Gasteiger partial charge in [0, 0.05) is 16.1 Å². The molecule has 2 aromatic carbocycles. The van der Waals surface area contributed by atoms with Crippen LogP contribution in [0.4, 0.5) is 0 Å². The molecule has 204 valence electrons. The van der Waals surface area contributed by atoms with Gasteiger partial charge in [-0.05, 0) is 38.1 Å². The van der Waals surface area contributed by atoms with E-state index in [0.29, 0.717) is 10.0 Å². The van der Waals surface area contributed by atoms with Crippen molar-refractivity contribution in [2.24, 2.45) is 11.8 Å². The Labute approximate surface area is 258 Å². The van der Waals surface area contributed by atoms with E-state index >= 15 is 0 Å². The number of benzene rings is 2. The Morgan fingerprint density at radius 3 is 1.69 bits per heavy atom. The van der Waals surface area contributed by atoms with Gasteiger partial charge in [-0.3, -0.25) is 19.2 Å². The summed E-state index contributed by atoms with van der Waals surface area (Å²) in [6, 6.07) is 11.0. The van der Waals surface area contributed by atoms with Gasteiger partial charge < -0.3 is 0 Å². The summed E-state index contributed by atoms with van der Waals surface area (Å²) in [5, 5.41) is 1.19. The number of alkyl halides is 4. The van der Waals surface area contributed by atoms with E-state index in [1.54, 1.807) is 24.3 Å². The highest BCUT2D eigenvalue weighted by Crippen LogP contribution is 2.77. The molecule has 5 atom stereocenters. The van der Waals surface area contributed by atoms with Gasteiger partial charge in [0.2, 0.25) is 0 Å². The molecule has 2 fully saturated rings. The molecular formula is C26H17Cl7N2O4. The second-order valence-electron chi connectivity index (χ2n) is 9.63. The van der Waals surface area contributed by atoms with Gasteiger partial charge in [-0.25, -0.2) is 5.01 Å². The number of hydrogen-bond donors (Lipinski definition) is 0. The molecule has 0 spiro atoms. The third-order valence-electron chi connectivity index (χ3n) is 7.48. The first-order valence-corrected chi connectivity index (χ1v) is 14.2. The van der Waals surface area contributed by atoms with Gasteiger partial charge in [-0.15, -0.1) is 23.2 Å². The number of ketones is 1. The van der Waals surface area contributed by atoms with Crippen LogP contribution in [-0.4, -0.2) is 53.6 Å². The van der Waals surface area contributed by atoms with Crippen LogP contribution in [0.15, 0.2) is 58.6 Å². The van der Waals surface area contributed by atoms with Crippen LogP contribution in [0.1, 0.15) is 33.2 Å². The molecule has 0 unspecified atom stereocenters. The molecule has 2 bridgehead atoms. The smallest absolute Gasteiger partial charge is 0.273 e. The fourth-order valence-electron chi connectivity index (χ4n) is 5.43. The molecule has 1 heterocycles. The lowest BCUT2D eigenvalue weighted by Gasteiger charge is -2.38. The molecule has 2 aromatic rings. The lowest BCUT2D eigenvalue weighted by atomic mass is 9.84. The first-order valence-electron chi connectivity index (χ1n) is 11.5. The predicted octanol–water partition coefficient (Wildman–Crippen LogP) is 6.72. The molecule has 2 aliphatic carbocycles. The molecule has 1 saturated heterocycles. The van der Waals surface area contributed by atoms with Gasteiger partial charge >= 0.3 is 0 Å². The summed E-state index contributed by atoms with van der Waals surface area (Å²) < 4.78 is -2.14. The molecule has 39 heavy (non-hydrogen) atoms. The van der Waals surface area contributed by atoms with Crippen molar-refractivity contribution in [3.05, 3.63) is 80.3 Å². The molecule has 1 saturated carbocycles. The predicted molar refractivity (Wildman–Crippen MR) is 152 cm³/mol. The van der Waals surface area contributed by atoms with Crippen molar-refractivity contribution in [2.45, 2.75) is 34.0 Å². The minimum Gasteiger partial charge on any atom is -0.292 e. The average molecular weight is 670 g/mol. The Kier molecular flexibility index (Phi) is 7.08. The molecule has 0 radical (unpaired) electrons. The van der Waals surface area contributed by atoms with Crippen molar-refractivity contribution in [3.8, 4) is 0 Å². The second kappa shape index (κ2) is 9.52. The summed E-state index contributed by atoms with van der Waals surface area (Å²) in [7, 11) is 0. The third kappa shape index (κ3) is 3.69. The maximum atomic E-state index is 14.0. The van der Waals surface area contributed by atoms with Gasteiger partial charge in [0.1, 0.15) is 15.8 Å². The minimum atomic E-state index is -2.14. The molecule has 6 nitrogen and oxygen atoms in total. The van der Waals surface area contributed by atoms with Crippen molar-refractivity contribution < 1.29 is 19.2 Å². The van der Waals surface area contributed by atoms with E-state index in [2.05, 4.69) is 0 Å². The number of halogens is 7. The summed E-state index contributed by atoms with van der Waals surface area (Å²) in [6.45, 7) is 3.25. The van der Waals surface area contributed by atoms with Crippen LogP contribution in [0.3, 0.4) is 0 Å². The highest BCUT2D eigenvalue weighted by atomic mass is 35.5. The number of rotatable bonds is 5. The SMILES string of the molecule is Cc1ccc(C(=O)[C@@H](C)N(C(=O)c2ccc(Cl)cc2)N2C(=O)[C@@H]3[C@H](C2=O)[C@@]2(Cl)C(Cl)=C(Cl)[C@@]3(Cl)C2(Cl)Cl)cc1. The minimum absolute atomic E-state index is 0.0583. The summed E-state index contributed by atoms with van der Waals surface area (Å²) in [5.41, 5.74) is 1.23. The maximum Gasteiger partial charge on any atom is 0.273 e. The van der Waals surface area contributed by atoms with Gasteiger partial charge in [-0.2, -0.15) is 5.01 Å². The quantitative estimate of drug-likeness (QED) is 0.201. The first kappa shape index (κ1) is 29.0. The van der Waals surface area contributed by atoms with E-state index in [9.17, 15) is 19.2 Å². The zero-order chi connectivity index (χ0) is 28.8. The van der Waals surface area contributed by atoms with E-state index in [-0.39, 0.29) is 21.2 Å². The number of hydrazine groups is 1. The number of carbonyl (C=O) groups is 4. The van der Waals surface area contributed by atoms with Crippen LogP contribution in [0.2, 0.25) is 5.02 Å². The number of amides is 3. The number of aryl methyl sites for hydroxylation is 1. The van der Waals surface area contributed by atoms with Gasteiger partial charge in [0.05, 0.1) is 21.9 Å². The first-order chi connectivity index (χ1) is 18.1. The van der Waals surface area contributed by atoms with Crippen molar-refractivity contribution >= 4 is 105 Å². The van der Waals surface area contributed by atoms with E-state index in [1.807, 2.05) is 6.92 Å². The van der Waals surface area contributed by atoms with E-state index in [4.69, 9.17) is 81.2 Å². The highest BCUT2D eigenvalue weighted by molar-refractivity contribution is 6.66. The summed E-state index contributed by atoms with van der Waals surface area (Å²) >= 11 is 45.5. The number of Topliss-reactive ketones (excluding diaryl/α,β-unsaturated/α-hetero) is 1. The Balaban J connectivity index is 1.63. The lowest BCUT2D eigenvalue weighted by molar-refractivity contribution is -0.157. The molecule has 5 rings (SSSR count). The zero-order valence-corrected chi connectivity index (χ0v) is 25.3. The number of hydrogen-bond acceptors (Lipinski definition) is 4. The second-order valence-corrected chi connectivity index (χ2v) is 13.3. The zero-order valence-electron chi connectivity index (χ0n) is 20.0. The van der Waals surface area contributed by atoms with Gasteiger partial charge in [0.25, 0.3) is 17.7 Å². The molecule has 13 heteroatoms. The summed E-state index contributed by atoms with van der Waals surface area (Å²) in [6.07, 6.45) is 0. The van der Waals surface area contributed by atoms with Crippen LogP contribution in [0, 0.1) is 18.8 Å². The van der Waals surface area contributed by atoms with Crippen LogP contribution >= 0.6 is 81.2 Å². The third-order valence-corrected chi connectivity index (χ3v) is 12.0. The number of allylic oxidation sites excluding steroid dienone is 2. The maximum absolute atomic E-state index is 14.0. The van der Waals surface area contributed by atoms with Crippen LogP contribution < -0.4 is 0 Å². The molecule has 0 aromatic heterocycles. The number of carbonyl (C=O) groups excluding carboxylic acids is 4. The Hall–Kier alpha value is -1.51. The molecule has 3 amide bonds. The average Bonchev–Trinajstić information content (AvgIpc) is 3.28. The highest BCUT2D eigenvalue weighted by Gasteiger charge is 2.88. The Morgan fingerprint density at radius 2 is 1.23 bits per heavy atom. The van der Waals surface area contributed by atoms with Gasteiger partial charge in [-0.1, -0.05) is 87.8 Å². The standard InChI is InChI=1S/C26H17Cl7N2O4/c1-11-3-5-13(6-4-11)18(36)12(2)34(21(37)14-7-9-15(27)10-8-14)35-22(38)16-17(23(35)39)25(31)20(29)19(28)24(16,30)26(25,32)33/h3-10,12,16-17H,1-2H3/t12-,16-,17+,24-,25-/m1/s1. The Morgan fingerprint density at radius 1 is 0.795 bits per heavy atom. The number of nitrogens with zero attached hydrogens (tertiary/aromatic N) is 2. The molecule has 3 aliphatic rings. The van der Waals surface area contributed by atoms with E-state index in [1.165, 1.54) is 31.2 Å². The molecule has 1 aliphatic heterocycles. The normalized spacial score (nSPS) is 29.6. The Bertz CT molecular complexity index is 1430. The number of fused-ring (bicyclic) bond motifs is 5. The molecule has 0 N–H and O–H groups in total. The van der Waals surface area contributed by atoms with E-state index in [0.717, 1.165) is 10.6 Å². The van der Waals surface area contributed by atoms with Crippen LogP contribution in [0.5, 0.6) is 0 Å². The van der Waals surface area contributed by atoms with Crippen LogP contribution in [-0.2, 0) is 9.59 Å². The summed E-state index contributed by atoms with van der Waals surface area (Å²) in [4.78, 5) is 51.3. The topological polar surface area (TPSA) is 74.8 Å². The monoisotopic (exact) mass is 666 g/mol. The molecular weight excluding hydrogens is 652 g/mol. The van der Waals surface area contributed by atoms with Crippen LogP contribution in [0.25, 0.3) is 0 Å². The fraction of sp³-hybridized carbons (Fsp3) is 0.308. The van der Waals surface area contributed by atoms with Crippen molar-refractivity contribution in [2.75, 3.05) is 0 Å². The van der Waals surface area contributed by atoms with Crippen molar-refractivity contribution in [1.82, 2.24) is 10.0 Å². The van der Waals surface area contributed by atoms with E-state index < -0.39 is 55.5 Å². The lowest BCUT2D eigenvalue weighted by Crippen LogP contribution is -2.59. The van der Waals surface area contributed by atoms with Crippen molar-refractivity contribution in [3.63, 3.8) is 0 Å². The largest absolute Gasteiger partial charge is 0.292 e. The van der Waals surface area contributed by atoms with Crippen molar-refractivity contribution in [1.29, 1.82) is 0 Å².